The molecule has 2 heterocycles. The molecule has 1 fully saturated rings. The maximum Gasteiger partial charge on any atom is 0.338 e. The van der Waals surface area contributed by atoms with Crippen LogP contribution in [0.5, 0.6) is 11.5 Å². The van der Waals surface area contributed by atoms with Gasteiger partial charge in [0, 0.05) is 12.1 Å². The van der Waals surface area contributed by atoms with E-state index in [9.17, 15) is 9.59 Å². The van der Waals surface area contributed by atoms with Gasteiger partial charge < -0.3 is 23.6 Å². The third-order valence-electron chi connectivity index (χ3n) is 6.08. The number of benzene rings is 2. The van der Waals surface area contributed by atoms with Crippen molar-refractivity contribution in [3.63, 3.8) is 0 Å². The molecule has 35 heavy (non-hydrogen) atoms. The van der Waals surface area contributed by atoms with Crippen LogP contribution in [0.25, 0.3) is 11.4 Å². The Hall–Kier alpha value is -3.88. The lowest BCUT2D eigenvalue weighted by molar-refractivity contribution is -0.139. The fourth-order valence-electron chi connectivity index (χ4n) is 4.28. The van der Waals surface area contributed by atoms with E-state index in [1.54, 1.807) is 37.4 Å². The highest BCUT2D eigenvalue weighted by Crippen LogP contribution is 2.27. The van der Waals surface area contributed by atoms with Crippen molar-refractivity contribution in [1.82, 2.24) is 15.0 Å². The van der Waals surface area contributed by atoms with Crippen molar-refractivity contribution in [2.24, 2.45) is 0 Å². The van der Waals surface area contributed by atoms with Gasteiger partial charge in [-0.1, -0.05) is 17.3 Å². The van der Waals surface area contributed by atoms with Gasteiger partial charge >= 0.3 is 5.97 Å². The van der Waals surface area contributed by atoms with E-state index in [4.69, 9.17) is 18.7 Å². The first kappa shape index (κ1) is 24.3. The minimum Gasteiger partial charge on any atom is -0.496 e. The minimum absolute atomic E-state index is 0.0276. The highest BCUT2D eigenvalue weighted by molar-refractivity contribution is 5.89. The van der Waals surface area contributed by atoms with Crippen molar-refractivity contribution in [2.75, 3.05) is 13.7 Å². The molecule has 0 aliphatic carbocycles. The highest BCUT2D eigenvalue weighted by Gasteiger charge is 2.29. The van der Waals surface area contributed by atoms with Crippen LogP contribution in [-0.4, -0.2) is 52.7 Å². The number of hydrogen-bond acceptors (Lipinski definition) is 8. The molecule has 0 spiro atoms. The zero-order valence-corrected chi connectivity index (χ0v) is 20.1. The molecule has 9 heteroatoms. The molecule has 2 unspecified atom stereocenters. The normalized spacial score (nSPS) is 17.6. The van der Waals surface area contributed by atoms with Crippen molar-refractivity contribution >= 4 is 11.9 Å². The number of hydrogen-bond donors (Lipinski definition) is 0. The number of rotatable bonds is 8. The SMILES string of the molecule is COc1ccccc1-c1noc(COC(=O)c2ccc(OCC(=O)N3C(C)CCCC3C)cc2)n1. The summed E-state index contributed by atoms with van der Waals surface area (Å²) in [6.07, 6.45) is 3.16. The Labute approximate surface area is 204 Å². The highest BCUT2D eigenvalue weighted by atomic mass is 16.6. The molecule has 3 aromatic rings. The molecule has 1 aliphatic heterocycles. The number of aromatic nitrogens is 2. The first-order chi connectivity index (χ1) is 17.0. The van der Waals surface area contributed by atoms with Crippen LogP contribution in [0.4, 0.5) is 0 Å². The molecule has 0 saturated carbocycles. The Morgan fingerprint density at radius 3 is 2.49 bits per heavy atom. The molecule has 1 aromatic heterocycles. The number of likely N-dealkylation sites (tertiary alicyclic amines) is 1. The van der Waals surface area contributed by atoms with Gasteiger partial charge in [-0.2, -0.15) is 4.98 Å². The summed E-state index contributed by atoms with van der Waals surface area (Å²) in [6.45, 7) is 3.94. The van der Waals surface area contributed by atoms with E-state index < -0.39 is 5.97 Å². The lowest BCUT2D eigenvalue weighted by Crippen LogP contribution is -2.49. The summed E-state index contributed by atoms with van der Waals surface area (Å²) in [5.74, 6) is 1.06. The Bertz CT molecular complexity index is 1150. The molecule has 9 nitrogen and oxygen atoms in total. The molecule has 2 aromatic carbocycles. The van der Waals surface area contributed by atoms with E-state index in [-0.39, 0.29) is 37.1 Å². The second kappa shape index (κ2) is 11.0. The van der Waals surface area contributed by atoms with Gasteiger partial charge in [0.1, 0.15) is 11.5 Å². The van der Waals surface area contributed by atoms with E-state index in [0.29, 0.717) is 28.5 Å². The average molecular weight is 480 g/mol. The number of carbonyl (C=O) groups is 2. The quantitative estimate of drug-likeness (QED) is 0.441. The molecule has 184 valence electrons. The van der Waals surface area contributed by atoms with Crippen LogP contribution in [0.3, 0.4) is 0 Å². The molecule has 1 amide bonds. The Kier molecular flexibility index (Phi) is 7.64. The summed E-state index contributed by atoms with van der Waals surface area (Å²) in [5, 5.41) is 3.93. The number of amides is 1. The van der Waals surface area contributed by atoms with Gasteiger partial charge in [0.25, 0.3) is 11.8 Å². The molecule has 4 rings (SSSR count). The first-order valence-electron chi connectivity index (χ1n) is 11.6. The Balaban J connectivity index is 1.29. The van der Waals surface area contributed by atoms with Crippen LogP contribution in [0.2, 0.25) is 0 Å². The lowest BCUT2D eigenvalue weighted by Gasteiger charge is -2.38. The number of para-hydroxylation sites is 1. The average Bonchev–Trinajstić information content (AvgIpc) is 3.35. The fraction of sp³-hybridized carbons (Fsp3) is 0.385. The summed E-state index contributed by atoms with van der Waals surface area (Å²) < 4.78 is 21.5. The topological polar surface area (TPSA) is 104 Å². The summed E-state index contributed by atoms with van der Waals surface area (Å²) in [4.78, 5) is 31.2. The van der Waals surface area contributed by atoms with Gasteiger partial charge in [0.05, 0.1) is 18.2 Å². The van der Waals surface area contributed by atoms with Crippen LogP contribution in [0.15, 0.2) is 53.1 Å². The largest absolute Gasteiger partial charge is 0.496 e. The van der Waals surface area contributed by atoms with Crippen LogP contribution in [-0.2, 0) is 16.1 Å². The molecule has 2 atom stereocenters. The van der Waals surface area contributed by atoms with E-state index in [1.165, 1.54) is 0 Å². The van der Waals surface area contributed by atoms with Crippen LogP contribution in [0, 0.1) is 0 Å². The monoisotopic (exact) mass is 479 g/mol. The van der Waals surface area contributed by atoms with Crippen LogP contribution in [0.1, 0.15) is 49.4 Å². The van der Waals surface area contributed by atoms with Crippen molar-refractivity contribution in [2.45, 2.75) is 51.8 Å². The maximum absolute atomic E-state index is 12.6. The van der Waals surface area contributed by atoms with Crippen LogP contribution >= 0.6 is 0 Å². The summed E-state index contributed by atoms with van der Waals surface area (Å²) >= 11 is 0. The second-order valence-corrected chi connectivity index (χ2v) is 8.53. The Morgan fingerprint density at radius 1 is 1.06 bits per heavy atom. The zero-order chi connectivity index (χ0) is 24.8. The number of carbonyl (C=O) groups excluding carboxylic acids is 2. The van der Waals surface area contributed by atoms with Crippen molar-refractivity contribution < 1.29 is 28.3 Å². The second-order valence-electron chi connectivity index (χ2n) is 8.53. The van der Waals surface area contributed by atoms with Crippen LogP contribution < -0.4 is 9.47 Å². The molecule has 0 radical (unpaired) electrons. The number of nitrogens with zero attached hydrogens (tertiary/aromatic N) is 3. The van der Waals surface area contributed by atoms with Gasteiger partial charge in [-0.05, 0) is 69.5 Å². The standard InChI is InChI=1S/C26H29N3O6/c1-17-7-6-8-18(2)29(17)24(30)16-33-20-13-11-19(12-14-20)26(31)34-15-23-27-25(28-35-23)21-9-4-5-10-22(21)32-3/h4-5,9-14,17-18H,6-8,15-16H2,1-3H3. The van der Waals surface area contributed by atoms with Gasteiger partial charge in [-0.3, -0.25) is 4.79 Å². The van der Waals surface area contributed by atoms with E-state index in [2.05, 4.69) is 24.0 Å². The van der Waals surface area contributed by atoms with E-state index in [0.717, 1.165) is 19.3 Å². The van der Waals surface area contributed by atoms with Crippen molar-refractivity contribution in [3.05, 3.63) is 60.0 Å². The van der Waals surface area contributed by atoms with Crippen molar-refractivity contribution in [1.29, 1.82) is 0 Å². The lowest BCUT2D eigenvalue weighted by atomic mass is 9.97. The maximum atomic E-state index is 12.6. The molecule has 1 saturated heterocycles. The van der Waals surface area contributed by atoms with Gasteiger partial charge in [0.2, 0.25) is 5.82 Å². The number of piperidine rings is 1. The van der Waals surface area contributed by atoms with Gasteiger partial charge in [-0.15, -0.1) is 0 Å². The number of esters is 1. The summed E-state index contributed by atoms with van der Waals surface area (Å²) in [5.41, 5.74) is 1.01. The Morgan fingerprint density at radius 2 is 1.77 bits per heavy atom. The number of methoxy groups -OCH3 is 1. The summed E-state index contributed by atoms with van der Waals surface area (Å²) in [6, 6.07) is 14.2. The third kappa shape index (κ3) is 5.79. The minimum atomic E-state index is -0.541. The van der Waals surface area contributed by atoms with Crippen molar-refractivity contribution in [3.8, 4) is 22.9 Å². The third-order valence-corrected chi connectivity index (χ3v) is 6.08. The smallest absolute Gasteiger partial charge is 0.338 e. The molecule has 0 N–H and O–H groups in total. The molecular formula is C26H29N3O6. The zero-order valence-electron chi connectivity index (χ0n) is 20.1. The van der Waals surface area contributed by atoms with E-state index >= 15 is 0 Å². The predicted molar refractivity (Wildman–Crippen MR) is 127 cm³/mol. The van der Waals surface area contributed by atoms with Gasteiger partial charge in [-0.25, -0.2) is 4.79 Å². The fourth-order valence-corrected chi connectivity index (χ4v) is 4.28. The summed E-state index contributed by atoms with van der Waals surface area (Å²) in [7, 11) is 1.56. The molecular weight excluding hydrogens is 450 g/mol. The van der Waals surface area contributed by atoms with Gasteiger partial charge in [0.15, 0.2) is 13.2 Å². The molecule has 0 bridgehead atoms. The number of ether oxygens (including phenoxy) is 3. The van der Waals surface area contributed by atoms with E-state index in [1.807, 2.05) is 23.1 Å². The first-order valence-corrected chi connectivity index (χ1v) is 11.6. The molecule has 1 aliphatic rings. The predicted octanol–water partition coefficient (Wildman–Crippen LogP) is 4.27.